The van der Waals surface area contributed by atoms with Gasteiger partial charge in [0.1, 0.15) is 0 Å². The molecule has 4 nitrogen and oxygen atoms in total. The van der Waals surface area contributed by atoms with Gasteiger partial charge in [-0.05, 0) is 19.9 Å². The summed E-state index contributed by atoms with van der Waals surface area (Å²) in [6.45, 7) is 8.20. The number of nitrogens with two attached hydrogens (primary N) is 1. The number of rotatable bonds is 5. The van der Waals surface area contributed by atoms with Crippen LogP contribution in [0.25, 0.3) is 0 Å². The Morgan fingerprint density at radius 3 is 2.39 bits per heavy atom. The lowest BCUT2D eigenvalue weighted by Gasteiger charge is -2.08. The largest absolute Gasteiger partial charge is 0.475 e. The number of primary amides is 1. The molecule has 0 bridgehead atoms. The summed E-state index contributed by atoms with van der Waals surface area (Å²) in [5, 5.41) is 0. The number of unbranched alkanes of at least 4 members (excludes halogenated alkanes) is 2. The van der Waals surface area contributed by atoms with Crippen molar-refractivity contribution in [3.63, 3.8) is 0 Å². The molecular weight excluding hydrogens is 228 g/mol. The predicted molar refractivity (Wildman–Crippen MR) is 73.7 cm³/mol. The molecule has 0 spiro atoms. The van der Waals surface area contributed by atoms with E-state index in [1.54, 1.807) is 6.07 Å². The van der Waals surface area contributed by atoms with Crippen molar-refractivity contribution in [2.75, 3.05) is 0 Å². The van der Waals surface area contributed by atoms with Crippen molar-refractivity contribution in [3.05, 3.63) is 23.9 Å². The van der Waals surface area contributed by atoms with Gasteiger partial charge in [-0.15, -0.1) is 0 Å². The van der Waals surface area contributed by atoms with Crippen LogP contribution >= 0.6 is 0 Å². The van der Waals surface area contributed by atoms with Crippen LogP contribution in [0.2, 0.25) is 0 Å². The van der Waals surface area contributed by atoms with Gasteiger partial charge in [-0.1, -0.05) is 33.1 Å². The van der Waals surface area contributed by atoms with Crippen molar-refractivity contribution >= 4 is 5.91 Å². The van der Waals surface area contributed by atoms with Gasteiger partial charge in [-0.25, -0.2) is 4.98 Å². The van der Waals surface area contributed by atoms with Crippen LogP contribution in [0.1, 0.15) is 57.3 Å². The Kier molecular flexibility index (Phi) is 8.62. The summed E-state index contributed by atoms with van der Waals surface area (Å²) in [5.74, 6) is -0.0534. The average Bonchev–Trinajstić information content (AvgIpc) is 2.30. The molecule has 0 atom stereocenters. The van der Waals surface area contributed by atoms with E-state index < -0.39 is 5.91 Å². The van der Waals surface area contributed by atoms with Crippen LogP contribution in [-0.2, 0) is 0 Å². The number of ether oxygens (including phenoxy) is 1. The normalized spacial score (nSPS) is 9.61. The minimum atomic E-state index is -0.476. The molecule has 1 aromatic rings. The molecule has 0 radical (unpaired) electrons. The van der Waals surface area contributed by atoms with Crippen LogP contribution < -0.4 is 10.5 Å². The number of aromatic nitrogens is 1. The summed E-state index contributed by atoms with van der Waals surface area (Å²) in [7, 11) is 0. The quantitative estimate of drug-likeness (QED) is 0.875. The topological polar surface area (TPSA) is 65.2 Å². The number of pyridine rings is 1. The number of hydrogen-bond acceptors (Lipinski definition) is 3. The first-order chi connectivity index (χ1) is 8.51. The van der Waals surface area contributed by atoms with Crippen LogP contribution in [0.3, 0.4) is 0 Å². The highest BCUT2D eigenvalue weighted by Gasteiger charge is 2.03. The van der Waals surface area contributed by atoms with E-state index in [0.717, 1.165) is 0 Å². The molecule has 2 N–H and O–H groups in total. The summed E-state index contributed by atoms with van der Waals surface area (Å²) < 4.78 is 5.29. The van der Waals surface area contributed by atoms with E-state index in [2.05, 4.69) is 18.8 Å². The second-order valence-corrected chi connectivity index (χ2v) is 4.27. The minimum absolute atomic E-state index is 0.0376. The van der Waals surface area contributed by atoms with Crippen LogP contribution in [0.4, 0.5) is 0 Å². The first-order valence-electron chi connectivity index (χ1n) is 6.43. The van der Waals surface area contributed by atoms with E-state index in [1.165, 1.54) is 31.5 Å². The number of hydrogen-bond donors (Lipinski definition) is 1. The van der Waals surface area contributed by atoms with Crippen molar-refractivity contribution < 1.29 is 9.53 Å². The van der Waals surface area contributed by atoms with Crippen molar-refractivity contribution in [2.24, 2.45) is 5.73 Å². The fraction of sp³-hybridized carbons (Fsp3) is 0.571. The standard InChI is InChI=1S/C9H12N2O2.C5H12/c1-6(2)13-8-5-7(9(10)12)3-4-11-8;1-3-5-4-2/h3-6H,1-2H3,(H2,10,12);3-5H2,1-2H3. The maximum Gasteiger partial charge on any atom is 0.248 e. The summed E-state index contributed by atoms with van der Waals surface area (Å²) in [5.41, 5.74) is 5.50. The second kappa shape index (κ2) is 9.45. The van der Waals surface area contributed by atoms with Crippen LogP contribution in [0.15, 0.2) is 18.3 Å². The highest BCUT2D eigenvalue weighted by Crippen LogP contribution is 2.10. The van der Waals surface area contributed by atoms with Crippen LogP contribution in [-0.4, -0.2) is 17.0 Å². The molecule has 0 fully saturated rings. The zero-order chi connectivity index (χ0) is 14.0. The number of carbonyl (C=O) groups excluding carboxylic acids is 1. The Morgan fingerprint density at radius 2 is 2.00 bits per heavy atom. The van der Waals surface area contributed by atoms with Gasteiger partial charge in [0.15, 0.2) is 0 Å². The van der Waals surface area contributed by atoms with E-state index >= 15 is 0 Å². The molecule has 1 heterocycles. The molecule has 1 rings (SSSR count). The molecule has 1 amide bonds. The lowest BCUT2D eigenvalue weighted by molar-refractivity contribution is 0.0999. The molecule has 102 valence electrons. The highest BCUT2D eigenvalue weighted by molar-refractivity contribution is 5.92. The first kappa shape index (κ1) is 16.4. The van der Waals surface area contributed by atoms with E-state index in [0.29, 0.717) is 11.4 Å². The average molecular weight is 252 g/mol. The highest BCUT2D eigenvalue weighted by atomic mass is 16.5. The van der Waals surface area contributed by atoms with Crippen molar-refractivity contribution in [3.8, 4) is 5.88 Å². The summed E-state index contributed by atoms with van der Waals surface area (Å²) in [4.78, 5) is 14.7. The smallest absolute Gasteiger partial charge is 0.248 e. The third kappa shape index (κ3) is 7.65. The maximum atomic E-state index is 10.8. The Morgan fingerprint density at radius 1 is 1.39 bits per heavy atom. The number of nitrogens with zero attached hydrogens (tertiary/aromatic N) is 1. The fourth-order valence-electron chi connectivity index (χ4n) is 1.22. The molecule has 0 aliphatic heterocycles. The summed E-state index contributed by atoms with van der Waals surface area (Å²) in [6.07, 6.45) is 5.61. The molecule has 0 aliphatic carbocycles. The second-order valence-electron chi connectivity index (χ2n) is 4.27. The molecular formula is C14H24N2O2. The van der Waals surface area contributed by atoms with E-state index in [9.17, 15) is 4.79 Å². The van der Waals surface area contributed by atoms with Gasteiger partial charge in [-0.2, -0.15) is 0 Å². The van der Waals surface area contributed by atoms with Crippen LogP contribution in [0.5, 0.6) is 5.88 Å². The minimum Gasteiger partial charge on any atom is -0.475 e. The lowest BCUT2D eigenvalue weighted by Crippen LogP contribution is -2.12. The van der Waals surface area contributed by atoms with Crippen molar-refractivity contribution in [2.45, 2.75) is 53.1 Å². The van der Waals surface area contributed by atoms with Gasteiger partial charge in [0.05, 0.1) is 6.10 Å². The number of carbonyl (C=O) groups is 1. The Bertz CT molecular complexity index is 349. The van der Waals surface area contributed by atoms with Crippen molar-refractivity contribution in [1.29, 1.82) is 0 Å². The molecule has 0 unspecified atom stereocenters. The Hall–Kier alpha value is -1.58. The van der Waals surface area contributed by atoms with E-state index in [4.69, 9.17) is 10.5 Å². The zero-order valence-electron chi connectivity index (χ0n) is 11.8. The maximum absolute atomic E-state index is 10.8. The first-order valence-corrected chi connectivity index (χ1v) is 6.43. The molecule has 0 aliphatic rings. The number of amides is 1. The van der Waals surface area contributed by atoms with Gasteiger partial charge < -0.3 is 10.5 Å². The monoisotopic (exact) mass is 252 g/mol. The Labute approximate surface area is 110 Å². The van der Waals surface area contributed by atoms with Crippen molar-refractivity contribution in [1.82, 2.24) is 4.98 Å². The van der Waals surface area contributed by atoms with Gasteiger partial charge in [0.2, 0.25) is 11.8 Å². The zero-order valence-corrected chi connectivity index (χ0v) is 11.8. The van der Waals surface area contributed by atoms with Gasteiger partial charge in [-0.3, -0.25) is 4.79 Å². The molecule has 0 saturated carbocycles. The fourth-order valence-corrected chi connectivity index (χ4v) is 1.22. The van der Waals surface area contributed by atoms with Gasteiger partial charge in [0.25, 0.3) is 0 Å². The lowest BCUT2D eigenvalue weighted by atomic mass is 10.2. The Balaban J connectivity index is 0.000000494. The SMILES string of the molecule is CC(C)Oc1cc(C(N)=O)ccn1.CCCCC. The van der Waals surface area contributed by atoms with E-state index in [-0.39, 0.29) is 6.10 Å². The molecule has 0 aromatic carbocycles. The van der Waals surface area contributed by atoms with E-state index in [1.807, 2.05) is 13.8 Å². The summed E-state index contributed by atoms with van der Waals surface area (Å²) in [6, 6.07) is 3.08. The third-order valence-electron chi connectivity index (χ3n) is 2.08. The summed E-state index contributed by atoms with van der Waals surface area (Å²) >= 11 is 0. The predicted octanol–water partition coefficient (Wildman–Crippen LogP) is 3.16. The molecule has 4 heteroatoms. The van der Waals surface area contributed by atoms with Crippen LogP contribution in [0, 0.1) is 0 Å². The third-order valence-corrected chi connectivity index (χ3v) is 2.08. The molecule has 0 saturated heterocycles. The van der Waals surface area contributed by atoms with Gasteiger partial charge in [0, 0.05) is 17.8 Å². The molecule has 18 heavy (non-hydrogen) atoms. The van der Waals surface area contributed by atoms with Gasteiger partial charge >= 0.3 is 0 Å². The molecule has 1 aromatic heterocycles.